The van der Waals surface area contributed by atoms with Gasteiger partial charge in [0.05, 0.1) is 7.11 Å². The first-order valence-corrected chi connectivity index (χ1v) is 5.42. The van der Waals surface area contributed by atoms with Crippen LogP contribution in [0.15, 0.2) is 12.4 Å². The summed E-state index contributed by atoms with van der Waals surface area (Å²) in [6.45, 7) is 3.88. The molecule has 94 valence electrons. The number of hydrogen-bond acceptors (Lipinski definition) is 6. The normalized spacial score (nSPS) is 12.1. The zero-order valence-electron chi connectivity index (χ0n) is 10.5. The maximum atomic E-state index is 11.6. The van der Waals surface area contributed by atoms with Crippen LogP contribution in [-0.4, -0.2) is 36.1 Å². The van der Waals surface area contributed by atoms with Gasteiger partial charge >= 0.3 is 5.97 Å². The Labute approximate surface area is 101 Å². The Kier molecular flexibility index (Phi) is 4.68. The minimum Gasteiger partial charge on any atom is -0.467 e. The minimum absolute atomic E-state index is 0.107. The molecule has 17 heavy (non-hydrogen) atoms. The molecule has 1 aromatic rings. The van der Waals surface area contributed by atoms with Gasteiger partial charge in [-0.3, -0.25) is 0 Å². The molecule has 0 saturated heterocycles. The first-order valence-electron chi connectivity index (χ1n) is 5.42. The fraction of sp³-hybridized carbons (Fsp3) is 0.545. The molecular formula is C11H18N4O2. The van der Waals surface area contributed by atoms with Crippen molar-refractivity contribution in [3.8, 4) is 0 Å². The lowest BCUT2D eigenvalue weighted by atomic mass is 10.0. The van der Waals surface area contributed by atoms with Crippen LogP contribution in [0.5, 0.6) is 0 Å². The smallest absolute Gasteiger partial charge is 0.328 e. The zero-order chi connectivity index (χ0) is 12.8. The highest BCUT2D eigenvalue weighted by molar-refractivity contribution is 5.79. The molecule has 1 unspecified atom stereocenters. The summed E-state index contributed by atoms with van der Waals surface area (Å²) in [5.41, 5.74) is 0. The molecule has 1 atom stereocenters. The van der Waals surface area contributed by atoms with Gasteiger partial charge in [-0.15, -0.1) is 0 Å². The Balaban J connectivity index is 2.82. The third kappa shape index (κ3) is 3.58. The van der Waals surface area contributed by atoms with Crippen LogP contribution < -0.4 is 10.6 Å². The van der Waals surface area contributed by atoms with Crippen LogP contribution >= 0.6 is 0 Å². The second kappa shape index (κ2) is 6.03. The number of rotatable bonds is 5. The first kappa shape index (κ1) is 13.2. The number of carbonyl (C=O) groups excluding carboxylic acids is 1. The van der Waals surface area contributed by atoms with E-state index < -0.39 is 6.04 Å². The van der Waals surface area contributed by atoms with Gasteiger partial charge in [-0.1, -0.05) is 13.8 Å². The molecular weight excluding hydrogens is 220 g/mol. The summed E-state index contributed by atoms with van der Waals surface area (Å²) in [5, 5.41) is 5.94. The van der Waals surface area contributed by atoms with Crippen molar-refractivity contribution >= 4 is 17.6 Å². The maximum absolute atomic E-state index is 11.6. The molecule has 1 heterocycles. The van der Waals surface area contributed by atoms with Gasteiger partial charge in [0.15, 0.2) is 0 Å². The Bertz CT molecular complexity index is 381. The van der Waals surface area contributed by atoms with Crippen molar-refractivity contribution in [2.75, 3.05) is 24.8 Å². The lowest BCUT2D eigenvalue weighted by molar-refractivity contribution is -0.142. The van der Waals surface area contributed by atoms with Crippen molar-refractivity contribution in [3.63, 3.8) is 0 Å². The van der Waals surface area contributed by atoms with Crippen LogP contribution in [0.1, 0.15) is 13.8 Å². The van der Waals surface area contributed by atoms with E-state index in [-0.39, 0.29) is 11.9 Å². The van der Waals surface area contributed by atoms with E-state index in [0.717, 1.165) is 0 Å². The summed E-state index contributed by atoms with van der Waals surface area (Å²) in [7, 11) is 3.14. The highest BCUT2D eigenvalue weighted by Crippen LogP contribution is 2.13. The third-order valence-electron chi connectivity index (χ3n) is 2.35. The molecule has 6 heteroatoms. The number of carbonyl (C=O) groups is 1. The first-order chi connectivity index (χ1) is 8.08. The summed E-state index contributed by atoms with van der Waals surface area (Å²) < 4.78 is 4.74. The largest absolute Gasteiger partial charge is 0.467 e. The van der Waals surface area contributed by atoms with E-state index in [0.29, 0.717) is 11.6 Å². The zero-order valence-corrected chi connectivity index (χ0v) is 10.5. The van der Waals surface area contributed by atoms with E-state index in [1.807, 2.05) is 13.8 Å². The molecule has 0 bridgehead atoms. The quantitative estimate of drug-likeness (QED) is 0.749. The summed E-state index contributed by atoms with van der Waals surface area (Å²) in [4.78, 5) is 19.6. The van der Waals surface area contributed by atoms with Crippen LogP contribution in [0.4, 0.5) is 11.6 Å². The van der Waals surface area contributed by atoms with E-state index in [1.165, 1.54) is 13.4 Å². The predicted octanol–water partition coefficient (Wildman–Crippen LogP) is 1.13. The van der Waals surface area contributed by atoms with Gasteiger partial charge in [-0.05, 0) is 5.92 Å². The average Bonchev–Trinajstić information content (AvgIpc) is 2.35. The monoisotopic (exact) mass is 238 g/mol. The number of aromatic nitrogens is 2. The van der Waals surface area contributed by atoms with Gasteiger partial charge < -0.3 is 15.4 Å². The van der Waals surface area contributed by atoms with Crippen molar-refractivity contribution in [2.45, 2.75) is 19.9 Å². The molecule has 1 aromatic heterocycles. The van der Waals surface area contributed by atoms with E-state index in [9.17, 15) is 4.79 Å². The molecule has 0 aliphatic carbocycles. The molecule has 0 radical (unpaired) electrons. The van der Waals surface area contributed by atoms with Gasteiger partial charge in [0.2, 0.25) is 0 Å². The molecule has 0 amide bonds. The fourth-order valence-corrected chi connectivity index (χ4v) is 1.36. The van der Waals surface area contributed by atoms with Crippen molar-refractivity contribution in [2.24, 2.45) is 5.92 Å². The van der Waals surface area contributed by atoms with Crippen LogP contribution in [0.3, 0.4) is 0 Å². The van der Waals surface area contributed by atoms with Gasteiger partial charge in [0, 0.05) is 13.1 Å². The van der Waals surface area contributed by atoms with Gasteiger partial charge in [-0.2, -0.15) is 0 Å². The number of ether oxygens (including phenoxy) is 1. The van der Waals surface area contributed by atoms with Crippen molar-refractivity contribution < 1.29 is 9.53 Å². The van der Waals surface area contributed by atoms with E-state index in [1.54, 1.807) is 13.1 Å². The van der Waals surface area contributed by atoms with Gasteiger partial charge in [0.1, 0.15) is 24.0 Å². The molecule has 0 aromatic carbocycles. The van der Waals surface area contributed by atoms with Crippen molar-refractivity contribution in [1.82, 2.24) is 9.97 Å². The topological polar surface area (TPSA) is 76.1 Å². The fourth-order valence-electron chi connectivity index (χ4n) is 1.36. The molecule has 1 rings (SSSR count). The molecule has 0 aliphatic heterocycles. The number of anilines is 2. The van der Waals surface area contributed by atoms with Crippen molar-refractivity contribution in [3.05, 3.63) is 12.4 Å². The summed E-state index contributed by atoms with van der Waals surface area (Å²) in [6, 6.07) is 1.32. The Morgan fingerprint density at radius 3 is 2.53 bits per heavy atom. The van der Waals surface area contributed by atoms with Crippen LogP contribution in [0, 0.1) is 5.92 Å². The summed E-state index contributed by atoms with van der Waals surface area (Å²) >= 11 is 0. The number of esters is 1. The van der Waals surface area contributed by atoms with Crippen LogP contribution in [0.25, 0.3) is 0 Å². The molecule has 6 nitrogen and oxygen atoms in total. The lowest BCUT2D eigenvalue weighted by Gasteiger charge is -2.20. The van der Waals surface area contributed by atoms with Gasteiger partial charge in [-0.25, -0.2) is 14.8 Å². The standard InChI is InChI=1S/C11H18N4O2/c1-7(2)10(11(16)17-4)15-9-5-8(12-3)13-6-14-9/h5-7,10H,1-4H3,(H2,12,13,14,15). The highest BCUT2D eigenvalue weighted by atomic mass is 16.5. The highest BCUT2D eigenvalue weighted by Gasteiger charge is 2.23. The number of hydrogen-bond donors (Lipinski definition) is 2. The summed E-state index contributed by atoms with van der Waals surface area (Å²) in [6.07, 6.45) is 1.43. The van der Waals surface area contributed by atoms with E-state index >= 15 is 0 Å². The summed E-state index contributed by atoms with van der Waals surface area (Å²) in [5.74, 6) is 1.09. The molecule has 0 fully saturated rings. The Morgan fingerprint density at radius 1 is 1.35 bits per heavy atom. The number of methoxy groups -OCH3 is 1. The van der Waals surface area contributed by atoms with Gasteiger partial charge in [0.25, 0.3) is 0 Å². The Morgan fingerprint density at radius 2 is 2.00 bits per heavy atom. The number of nitrogens with zero attached hydrogens (tertiary/aromatic N) is 2. The predicted molar refractivity (Wildman–Crippen MR) is 65.8 cm³/mol. The molecule has 0 aliphatic rings. The SMILES string of the molecule is CNc1cc(NC(C(=O)OC)C(C)C)ncn1. The molecule has 0 saturated carbocycles. The minimum atomic E-state index is -0.417. The molecule has 0 spiro atoms. The average molecular weight is 238 g/mol. The van der Waals surface area contributed by atoms with Crippen LogP contribution in [0.2, 0.25) is 0 Å². The molecule has 2 N–H and O–H groups in total. The van der Waals surface area contributed by atoms with E-state index in [4.69, 9.17) is 4.74 Å². The number of nitrogens with one attached hydrogen (secondary N) is 2. The second-order valence-corrected chi connectivity index (χ2v) is 3.93. The van der Waals surface area contributed by atoms with Crippen molar-refractivity contribution in [1.29, 1.82) is 0 Å². The second-order valence-electron chi connectivity index (χ2n) is 3.93. The van der Waals surface area contributed by atoms with E-state index in [2.05, 4.69) is 20.6 Å². The lowest BCUT2D eigenvalue weighted by Crippen LogP contribution is -2.35. The van der Waals surface area contributed by atoms with Crippen LogP contribution in [-0.2, 0) is 9.53 Å². The Hall–Kier alpha value is -1.85. The maximum Gasteiger partial charge on any atom is 0.328 e. The third-order valence-corrected chi connectivity index (χ3v) is 2.35.